The van der Waals surface area contributed by atoms with Gasteiger partial charge in [-0.25, -0.2) is 0 Å². The molecular formula is C18H19GeO3P-. The molecule has 0 aliphatic heterocycles. The molecule has 3 nitrogen and oxygen atoms in total. The van der Waals surface area contributed by atoms with Crippen LogP contribution in [0, 0.1) is 0 Å². The van der Waals surface area contributed by atoms with Crippen LogP contribution in [0.25, 0.3) is 0 Å². The summed E-state index contributed by atoms with van der Waals surface area (Å²) >= 11 is -1.63. The summed E-state index contributed by atoms with van der Waals surface area (Å²) in [7, 11) is -2.62. The van der Waals surface area contributed by atoms with Gasteiger partial charge in [-0.2, -0.15) is 0 Å². The average molecular weight is 387 g/mol. The second kappa shape index (κ2) is 9.61. The monoisotopic (exact) mass is 388 g/mol. The van der Waals surface area contributed by atoms with Crippen molar-refractivity contribution in [1.29, 1.82) is 0 Å². The molecule has 0 saturated carbocycles. The molecular weight excluding hydrogens is 368 g/mol. The standard InChI is InChI=1S/C18H15Ge.H3O3P.H/c1-4-10-16(11-5-1)19(17-12-6-2-7-13-17)18-14-8-3-9-15-18;1-4(2)3;/h1-15H;1-3H;/q;;-1. The van der Waals surface area contributed by atoms with Crippen molar-refractivity contribution in [3.63, 3.8) is 0 Å². The van der Waals surface area contributed by atoms with Gasteiger partial charge in [0, 0.05) is 0 Å². The Balaban J connectivity index is 0.000000522. The first kappa shape index (κ1) is 17.9. The molecule has 3 aromatic carbocycles. The molecule has 23 heavy (non-hydrogen) atoms. The molecule has 0 unspecified atom stereocenters. The topological polar surface area (TPSA) is 60.7 Å². The second-order valence-electron chi connectivity index (χ2n) is 4.74. The number of hydrogen-bond acceptors (Lipinski definition) is 3. The van der Waals surface area contributed by atoms with Gasteiger partial charge in [-0.15, -0.1) is 0 Å². The Morgan fingerprint density at radius 1 is 0.522 bits per heavy atom. The van der Waals surface area contributed by atoms with E-state index in [2.05, 4.69) is 91.0 Å². The number of rotatable bonds is 3. The summed E-state index contributed by atoms with van der Waals surface area (Å²) in [6.07, 6.45) is 0. The van der Waals surface area contributed by atoms with Crippen LogP contribution >= 0.6 is 8.60 Å². The maximum absolute atomic E-state index is 7.23. The first-order chi connectivity index (χ1) is 11.2. The molecule has 0 aromatic heterocycles. The minimum absolute atomic E-state index is 0. The Morgan fingerprint density at radius 3 is 0.957 bits per heavy atom. The van der Waals surface area contributed by atoms with Gasteiger partial charge in [-0.05, 0) is 0 Å². The van der Waals surface area contributed by atoms with Crippen LogP contribution in [0.4, 0.5) is 0 Å². The predicted octanol–water partition coefficient (Wildman–Crippen LogP) is 1.51. The molecule has 1 radical (unpaired) electrons. The van der Waals surface area contributed by atoms with Gasteiger partial charge in [0.15, 0.2) is 0 Å². The predicted molar refractivity (Wildman–Crippen MR) is 98.7 cm³/mol. The number of hydrogen-bond donors (Lipinski definition) is 3. The van der Waals surface area contributed by atoms with Crippen LogP contribution < -0.4 is 13.2 Å². The Kier molecular flexibility index (Phi) is 7.46. The van der Waals surface area contributed by atoms with E-state index in [0.717, 1.165) is 0 Å². The van der Waals surface area contributed by atoms with Crippen molar-refractivity contribution in [3.8, 4) is 0 Å². The van der Waals surface area contributed by atoms with E-state index in [9.17, 15) is 0 Å². The van der Waals surface area contributed by atoms with Crippen molar-refractivity contribution in [3.05, 3.63) is 91.0 Å². The van der Waals surface area contributed by atoms with E-state index >= 15 is 0 Å². The fraction of sp³-hybridized carbons (Fsp3) is 0. The van der Waals surface area contributed by atoms with Gasteiger partial charge in [0.1, 0.15) is 0 Å². The molecule has 0 amide bonds. The third-order valence-corrected chi connectivity index (χ3v) is 8.92. The number of benzene rings is 3. The summed E-state index contributed by atoms with van der Waals surface area (Å²) in [6, 6.07) is 32.8. The zero-order chi connectivity index (χ0) is 16.5. The average Bonchev–Trinajstić information content (AvgIpc) is 2.58. The molecule has 119 valence electrons. The van der Waals surface area contributed by atoms with Gasteiger partial charge in [0.05, 0.1) is 0 Å². The van der Waals surface area contributed by atoms with E-state index in [0.29, 0.717) is 0 Å². The van der Waals surface area contributed by atoms with Gasteiger partial charge in [-0.3, -0.25) is 0 Å². The van der Waals surface area contributed by atoms with Crippen LogP contribution in [0.1, 0.15) is 1.43 Å². The summed E-state index contributed by atoms with van der Waals surface area (Å²) in [5, 5.41) is 0. The molecule has 3 rings (SSSR count). The van der Waals surface area contributed by atoms with Crippen molar-refractivity contribution in [1.82, 2.24) is 0 Å². The first-order valence-corrected chi connectivity index (χ1v) is 11.4. The molecule has 0 aliphatic carbocycles. The zero-order valence-corrected chi connectivity index (χ0v) is 15.4. The molecule has 3 aromatic rings. The van der Waals surface area contributed by atoms with Gasteiger partial charge in [0.25, 0.3) is 0 Å². The summed E-state index contributed by atoms with van der Waals surface area (Å²) in [6.45, 7) is 0. The molecule has 0 heterocycles. The van der Waals surface area contributed by atoms with Crippen LogP contribution in [-0.2, 0) is 0 Å². The summed E-state index contributed by atoms with van der Waals surface area (Å²) < 4.78 is 4.50. The van der Waals surface area contributed by atoms with Crippen LogP contribution in [0.5, 0.6) is 0 Å². The van der Waals surface area contributed by atoms with Crippen LogP contribution in [0.15, 0.2) is 91.0 Å². The Morgan fingerprint density at radius 2 is 0.739 bits per heavy atom. The Hall–Kier alpha value is -1.49. The van der Waals surface area contributed by atoms with Gasteiger partial charge in [0.2, 0.25) is 0 Å². The van der Waals surface area contributed by atoms with Crippen molar-refractivity contribution in [2.24, 2.45) is 0 Å². The van der Waals surface area contributed by atoms with Crippen LogP contribution in [0.2, 0.25) is 0 Å². The molecule has 5 heteroatoms. The van der Waals surface area contributed by atoms with E-state index < -0.39 is 23.0 Å². The van der Waals surface area contributed by atoms with E-state index in [1.54, 1.807) is 0 Å². The van der Waals surface area contributed by atoms with Crippen LogP contribution in [0.3, 0.4) is 0 Å². The normalized spacial score (nSPS) is 10.3. The van der Waals surface area contributed by atoms with E-state index in [1.165, 1.54) is 13.2 Å². The quantitative estimate of drug-likeness (QED) is 0.472. The SMILES string of the molecule is OP(O)O.[H-].c1cc[c]([Ge]([c]2ccccc2)[c]2ccccc2)cc1. The fourth-order valence-electron chi connectivity index (χ4n) is 2.31. The summed E-state index contributed by atoms with van der Waals surface area (Å²) in [5.41, 5.74) is 0. The first-order valence-electron chi connectivity index (χ1n) is 7.08. The molecule has 3 N–H and O–H groups in total. The molecule has 0 saturated heterocycles. The third kappa shape index (κ3) is 5.90. The van der Waals surface area contributed by atoms with E-state index in [1.807, 2.05) is 0 Å². The molecule has 0 spiro atoms. The summed E-state index contributed by atoms with van der Waals surface area (Å²) in [5.74, 6) is 0. The minimum atomic E-state index is -2.62. The molecule has 0 atom stereocenters. The van der Waals surface area contributed by atoms with Crippen LogP contribution in [-0.4, -0.2) is 29.0 Å². The summed E-state index contributed by atoms with van der Waals surface area (Å²) in [4.78, 5) is 21.7. The van der Waals surface area contributed by atoms with Gasteiger partial charge < -0.3 is 16.1 Å². The molecule has 0 bridgehead atoms. The second-order valence-corrected chi connectivity index (χ2v) is 10.5. The maximum atomic E-state index is 7.23. The van der Waals surface area contributed by atoms with Crippen molar-refractivity contribution >= 4 is 36.1 Å². The fourth-order valence-corrected chi connectivity index (χ4v) is 7.72. The van der Waals surface area contributed by atoms with E-state index in [-0.39, 0.29) is 1.43 Å². The third-order valence-electron chi connectivity index (χ3n) is 3.19. The van der Waals surface area contributed by atoms with Crippen molar-refractivity contribution in [2.75, 3.05) is 0 Å². The van der Waals surface area contributed by atoms with E-state index in [4.69, 9.17) is 14.7 Å². The Labute approximate surface area is 143 Å². The van der Waals surface area contributed by atoms with Gasteiger partial charge >= 0.3 is 127 Å². The van der Waals surface area contributed by atoms with Gasteiger partial charge in [-0.1, -0.05) is 0 Å². The Bertz CT molecular complexity index is 588. The van der Waals surface area contributed by atoms with Crippen molar-refractivity contribution < 1.29 is 16.1 Å². The molecule has 0 aliphatic rings. The van der Waals surface area contributed by atoms with Crippen molar-refractivity contribution in [2.45, 2.75) is 0 Å². The zero-order valence-electron chi connectivity index (χ0n) is 13.4. The molecule has 0 fully saturated rings.